The molecule has 5 nitrogen and oxygen atoms in total. The van der Waals surface area contributed by atoms with Gasteiger partial charge in [-0.3, -0.25) is 14.5 Å². The maximum Gasteiger partial charge on any atom is 0.307 e. The van der Waals surface area contributed by atoms with Crippen molar-refractivity contribution >= 4 is 11.9 Å². The van der Waals surface area contributed by atoms with Crippen LogP contribution in [0.15, 0.2) is 0 Å². The number of piperazine rings is 1. The third-order valence-corrected chi connectivity index (χ3v) is 8.67. The number of carbonyl (C=O) groups is 2. The number of carboxylic acid groups (broad SMARTS) is 1. The number of carboxylic acids is 1. The monoisotopic (exact) mass is 374 g/mol. The minimum absolute atomic E-state index is 0.118. The lowest BCUT2D eigenvalue weighted by atomic mass is 9.52. The molecule has 0 aromatic heterocycles. The van der Waals surface area contributed by atoms with Gasteiger partial charge in [-0.05, 0) is 69.1 Å². The van der Waals surface area contributed by atoms with E-state index < -0.39 is 11.9 Å². The minimum Gasteiger partial charge on any atom is -0.481 e. The summed E-state index contributed by atoms with van der Waals surface area (Å²) in [5.74, 6) is 1.45. The van der Waals surface area contributed by atoms with Crippen LogP contribution in [-0.2, 0) is 9.59 Å². The highest BCUT2D eigenvalue weighted by Crippen LogP contribution is 2.57. The Balaban J connectivity index is 1.23. The van der Waals surface area contributed by atoms with Gasteiger partial charge in [0, 0.05) is 31.7 Å². The molecule has 5 saturated carbocycles. The Hall–Kier alpha value is -1.10. The largest absolute Gasteiger partial charge is 0.481 e. The Bertz CT molecular complexity index is 575. The van der Waals surface area contributed by atoms with E-state index in [1.807, 2.05) is 4.90 Å². The molecule has 0 unspecified atom stereocenters. The molecular weight excluding hydrogens is 340 g/mol. The molecule has 4 bridgehead atoms. The van der Waals surface area contributed by atoms with Crippen molar-refractivity contribution in [3.05, 3.63) is 0 Å². The van der Waals surface area contributed by atoms with E-state index in [9.17, 15) is 14.7 Å². The molecule has 5 aliphatic carbocycles. The first-order valence-electron chi connectivity index (χ1n) is 11.3. The molecule has 6 fully saturated rings. The average Bonchev–Trinajstić information content (AvgIpc) is 2.66. The highest BCUT2D eigenvalue weighted by molar-refractivity contribution is 5.85. The maximum absolute atomic E-state index is 13.1. The molecule has 1 aliphatic heterocycles. The number of rotatable bonds is 3. The third kappa shape index (κ3) is 3.10. The number of aliphatic carboxylic acids is 1. The lowest BCUT2D eigenvalue weighted by Crippen LogP contribution is -2.64. The van der Waals surface area contributed by atoms with Gasteiger partial charge in [-0.1, -0.05) is 12.8 Å². The van der Waals surface area contributed by atoms with E-state index in [1.165, 1.54) is 38.5 Å². The van der Waals surface area contributed by atoms with Gasteiger partial charge < -0.3 is 10.0 Å². The number of carbonyl (C=O) groups excluding carboxylic acids is 1. The van der Waals surface area contributed by atoms with Crippen LogP contribution in [0.25, 0.3) is 0 Å². The van der Waals surface area contributed by atoms with Crippen molar-refractivity contribution in [2.75, 3.05) is 26.2 Å². The van der Waals surface area contributed by atoms with Crippen molar-refractivity contribution in [2.24, 2.45) is 29.6 Å². The summed E-state index contributed by atoms with van der Waals surface area (Å²) in [4.78, 5) is 29.4. The van der Waals surface area contributed by atoms with Crippen LogP contribution in [0, 0.1) is 29.6 Å². The van der Waals surface area contributed by atoms with Gasteiger partial charge in [0.1, 0.15) is 0 Å². The van der Waals surface area contributed by atoms with E-state index in [1.54, 1.807) is 0 Å². The first kappa shape index (κ1) is 18.0. The molecule has 2 atom stereocenters. The molecule has 0 spiro atoms. The highest BCUT2D eigenvalue weighted by atomic mass is 16.4. The molecule has 0 aromatic rings. The zero-order chi connectivity index (χ0) is 18.6. The summed E-state index contributed by atoms with van der Waals surface area (Å²) < 4.78 is 0. The number of hydrogen-bond acceptors (Lipinski definition) is 3. The number of amides is 1. The fourth-order valence-corrected chi connectivity index (χ4v) is 7.81. The van der Waals surface area contributed by atoms with Gasteiger partial charge in [-0.2, -0.15) is 0 Å². The van der Waals surface area contributed by atoms with Gasteiger partial charge >= 0.3 is 5.97 Å². The summed E-state index contributed by atoms with van der Waals surface area (Å²) in [6.45, 7) is 3.57. The van der Waals surface area contributed by atoms with Crippen molar-refractivity contribution in [3.63, 3.8) is 0 Å². The SMILES string of the molecule is O=C(O)[C@@H]1CCCC[C@H]1C(=O)N1CCN(C23CC4CC(CC(C4)C2)C3)CC1. The van der Waals surface area contributed by atoms with Crippen LogP contribution in [0.5, 0.6) is 0 Å². The maximum atomic E-state index is 13.1. The van der Waals surface area contributed by atoms with Crippen LogP contribution < -0.4 is 0 Å². The van der Waals surface area contributed by atoms with E-state index in [0.717, 1.165) is 63.2 Å². The second-order valence-corrected chi connectivity index (χ2v) is 10.3. The van der Waals surface area contributed by atoms with E-state index in [2.05, 4.69) is 4.90 Å². The van der Waals surface area contributed by atoms with Crippen molar-refractivity contribution < 1.29 is 14.7 Å². The normalized spacial score (nSPS) is 44.4. The van der Waals surface area contributed by atoms with Crippen LogP contribution in [0.4, 0.5) is 0 Å². The second kappa shape index (κ2) is 6.75. The van der Waals surface area contributed by atoms with E-state index in [0.29, 0.717) is 12.0 Å². The Morgan fingerprint density at radius 3 is 1.81 bits per heavy atom. The van der Waals surface area contributed by atoms with E-state index in [4.69, 9.17) is 0 Å². The molecule has 1 heterocycles. The molecule has 1 N–H and O–H groups in total. The summed E-state index contributed by atoms with van der Waals surface area (Å²) in [6.07, 6.45) is 11.9. The van der Waals surface area contributed by atoms with Gasteiger partial charge in [-0.15, -0.1) is 0 Å². The van der Waals surface area contributed by atoms with Crippen LogP contribution in [0.3, 0.4) is 0 Å². The Morgan fingerprint density at radius 1 is 0.778 bits per heavy atom. The summed E-state index contributed by atoms with van der Waals surface area (Å²) >= 11 is 0. The van der Waals surface area contributed by atoms with Crippen molar-refractivity contribution in [1.82, 2.24) is 9.80 Å². The van der Waals surface area contributed by atoms with Gasteiger partial charge in [0.25, 0.3) is 0 Å². The Labute approximate surface area is 162 Å². The zero-order valence-electron chi connectivity index (χ0n) is 16.4. The summed E-state index contributed by atoms with van der Waals surface area (Å²) in [5, 5.41) is 9.52. The molecule has 1 saturated heterocycles. The Morgan fingerprint density at radius 2 is 1.30 bits per heavy atom. The lowest BCUT2D eigenvalue weighted by Gasteiger charge is -2.61. The van der Waals surface area contributed by atoms with Crippen LogP contribution >= 0.6 is 0 Å². The lowest BCUT2D eigenvalue weighted by molar-refractivity contribution is -0.154. The molecule has 6 aliphatic rings. The molecule has 5 heteroatoms. The first-order chi connectivity index (χ1) is 13.0. The molecule has 1 amide bonds. The highest BCUT2D eigenvalue weighted by Gasteiger charge is 2.54. The predicted octanol–water partition coefficient (Wildman–Crippen LogP) is 2.99. The average molecular weight is 375 g/mol. The van der Waals surface area contributed by atoms with Gasteiger partial charge in [0.15, 0.2) is 0 Å². The minimum atomic E-state index is -0.778. The van der Waals surface area contributed by atoms with E-state index in [-0.39, 0.29) is 11.8 Å². The van der Waals surface area contributed by atoms with Crippen molar-refractivity contribution in [2.45, 2.75) is 69.7 Å². The van der Waals surface area contributed by atoms with Crippen molar-refractivity contribution in [1.29, 1.82) is 0 Å². The fourth-order valence-electron chi connectivity index (χ4n) is 7.81. The number of hydrogen-bond donors (Lipinski definition) is 1. The van der Waals surface area contributed by atoms with E-state index >= 15 is 0 Å². The quantitative estimate of drug-likeness (QED) is 0.825. The number of nitrogens with zero attached hydrogens (tertiary/aromatic N) is 2. The van der Waals surface area contributed by atoms with Crippen molar-refractivity contribution in [3.8, 4) is 0 Å². The third-order valence-electron chi connectivity index (χ3n) is 8.67. The van der Waals surface area contributed by atoms with Crippen LogP contribution in [0.2, 0.25) is 0 Å². The molecule has 6 rings (SSSR count). The zero-order valence-corrected chi connectivity index (χ0v) is 16.4. The molecular formula is C22H34N2O3. The topological polar surface area (TPSA) is 60.9 Å². The molecule has 27 heavy (non-hydrogen) atoms. The fraction of sp³-hybridized carbons (Fsp3) is 0.909. The van der Waals surface area contributed by atoms with Gasteiger partial charge in [-0.25, -0.2) is 0 Å². The standard InChI is InChI=1S/C22H34N2O3/c25-20(18-3-1-2-4-19(18)21(26)27)23-5-7-24(8-6-23)22-12-15-9-16(13-22)11-17(10-15)14-22/h15-19H,1-14H2,(H,26,27)/t15?,16?,17?,18-,19-,22?/m1/s1. The molecule has 0 radical (unpaired) electrons. The second-order valence-electron chi connectivity index (χ2n) is 10.3. The van der Waals surface area contributed by atoms with Gasteiger partial charge in [0.05, 0.1) is 11.8 Å². The summed E-state index contributed by atoms with van der Waals surface area (Å²) in [5.41, 5.74) is 0.429. The van der Waals surface area contributed by atoms with Crippen LogP contribution in [0.1, 0.15) is 64.2 Å². The van der Waals surface area contributed by atoms with Crippen LogP contribution in [-0.4, -0.2) is 58.5 Å². The Kier molecular flexibility index (Phi) is 4.49. The first-order valence-corrected chi connectivity index (χ1v) is 11.3. The predicted molar refractivity (Wildman–Crippen MR) is 102 cm³/mol. The molecule has 0 aromatic carbocycles. The molecule has 150 valence electrons. The summed E-state index contributed by atoms with van der Waals surface area (Å²) in [7, 11) is 0. The van der Waals surface area contributed by atoms with Gasteiger partial charge in [0.2, 0.25) is 5.91 Å². The summed E-state index contributed by atoms with van der Waals surface area (Å²) in [6, 6.07) is 0. The smallest absolute Gasteiger partial charge is 0.307 e.